The second-order valence-electron chi connectivity index (χ2n) is 5.03. The van der Waals surface area contributed by atoms with E-state index >= 15 is 0 Å². The van der Waals surface area contributed by atoms with Crippen LogP contribution in [0, 0.1) is 6.92 Å². The molecule has 2 aromatic heterocycles. The van der Waals surface area contributed by atoms with Crippen molar-refractivity contribution in [3.63, 3.8) is 0 Å². The van der Waals surface area contributed by atoms with Crippen molar-refractivity contribution >= 4 is 33.3 Å². The highest BCUT2D eigenvalue weighted by Crippen LogP contribution is 2.35. The van der Waals surface area contributed by atoms with Gasteiger partial charge in [-0.05, 0) is 18.6 Å². The first-order valence-corrected chi connectivity index (χ1v) is 7.84. The van der Waals surface area contributed by atoms with E-state index in [0.29, 0.717) is 11.6 Å². The molecule has 1 atom stereocenters. The van der Waals surface area contributed by atoms with Crippen LogP contribution in [0.2, 0.25) is 0 Å². The number of hydrogen-bond acceptors (Lipinski definition) is 6. The molecule has 2 heterocycles. The lowest BCUT2D eigenvalue weighted by molar-refractivity contribution is -0.138. The quantitative estimate of drug-likeness (QED) is 0.666. The van der Waals surface area contributed by atoms with Crippen LogP contribution in [0.3, 0.4) is 0 Å². The monoisotopic (exact) mass is 329 g/mol. The Hall–Kier alpha value is -2.51. The fraction of sp³-hybridized carbons (Fsp3) is 0.188. The van der Waals surface area contributed by atoms with Gasteiger partial charge in [0.1, 0.15) is 22.5 Å². The van der Waals surface area contributed by atoms with Gasteiger partial charge in [0, 0.05) is 4.88 Å². The molecule has 0 saturated carbocycles. The predicted octanol–water partition coefficient (Wildman–Crippen LogP) is 2.52. The van der Waals surface area contributed by atoms with E-state index in [2.05, 4.69) is 15.3 Å². The second kappa shape index (κ2) is 6.31. The van der Waals surface area contributed by atoms with Gasteiger partial charge in [0.05, 0.1) is 12.0 Å². The largest absolute Gasteiger partial charge is 0.480 e. The minimum absolute atomic E-state index is 0.424. The zero-order chi connectivity index (χ0) is 16.4. The third-order valence-electron chi connectivity index (χ3n) is 3.35. The summed E-state index contributed by atoms with van der Waals surface area (Å²) in [6, 6.07) is 10.7. The molecule has 3 aromatic rings. The molecule has 0 aliphatic rings. The van der Waals surface area contributed by atoms with Crippen LogP contribution in [0.1, 0.15) is 5.82 Å². The molecule has 0 saturated heterocycles. The minimum Gasteiger partial charge on any atom is -0.480 e. The number of thiophene rings is 1. The molecule has 0 aliphatic heterocycles. The van der Waals surface area contributed by atoms with E-state index in [4.69, 9.17) is 5.11 Å². The smallest absolute Gasteiger partial charge is 0.328 e. The maximum absolute atomic E-state index is 11.1. The summed E-state index contributed by atoms with van der Waals surface area (Å²) in [7, 11) is 0. The molecule has 1 aromatic carbocycles. The van der Waals surface area contributed by atoms with Gasteiger partial charge in [-0.2, -0.15) is 0 Å². The number of aryl methyl sites for hydroxylation is 1. The third kappa shape index (κ3) is 3.15. The van der Waals surface area contributed by atoms with Crippen LogP contribution in [0.15, 0.2) is 36.4 Å². The summed E-state index contributed by atoms with van der Waals surface area (Å²) in [6.07, 6.45) is 0. The molecule has 23 heavy (non-hydrogen) atoms. The van der Waals surface area contributed by atoms with E-state index in [1.807, 2.05) is 36.4 Å². The van der Waals surface area contributed by atoms with Crippen molar-refractivity contribution < 1.29 is 15.0 Å². The Labute approximate surface area is 136 Å². The summed E-state index contributed by atoms with van der Waals surface area (Å²) in [4.78, 5) is 21.6. The number of benzene rings is 1. The van der Waals surface area contributed by atoms with Gasteiger partial charge in [-0.15, -0.1) is 11.3 Å². The molecule has 6 nitrogen and oxygen atoms in total. The highest BCUT2D eigenvalue weighted by Gasteiger charge is 2.19. The number of aliphatic hydroxyl groups excluding tert-OH is 1. The highest BCUT2D eigenvalue weighted by molar-refractivity contribution is 7.21. The lowest BCUT2D eigenvalue weighted by Crippen LogP contribution is -2.33. The number of hydrogen-bond donors (Lipinski definition) is 3. The Morgan fingerprint density at radius 1 is 1.30 bits per heavy atom. The minimum atomic E-state index is -1.13. The Kier molecular flexibility index (Phi) is 4.22. The average Bonchev–Trinajstić information content (AvgIpc) is 2.96. The fourth-order valence-electron chi connectivity index (χ4n) is 2.23. The van der Waals surface area contributed by atoms with Gasteiger partial charge >= 0.3 is 5.97 Å². The topological polar surface area (TPSA) is 95.3 Å². The normalized spacial score (nSPS) is 12.3. The fourth-order valence-corrected chi connectivity index (χ4v) is 3.32. The number of carboxylic acids is 1. The van der Waals surface area contributed by atoms with Gasteiger partial charge in [0.2, 0.25) is 0 Å². The zero-order valence-electron chi connectivity index (χ0n) is 12.4. The number of aromatic nitrogens is 2. The number of nitrogens with one attached hydrogen (secondary N) is 1. The number of aliphatic hydroxyl groups is 1. The summed E-state index contributed by atoms with van der Waals surface area (Å²) >= 11 is 1.52. The van der Waals surface area contributed by atoms with Gasteiger partial charge in [0.15, 0.2) is 0 Å². The van der Waals surface area contributed by atoms with Gasteiger partial charge < -0.3 is 15.5 Å². The maximum atomic E-state index is 11.1. The molecular weight excluding hydrogens is 314 g/mol. The number of aliphatic carboxylic acids is 1. The Morgan fingerprint density at radius 3 is 2.70 bits per heavy atom. The van der Waals surface area contributed by atoms with Gasteiger partial charge in [-0.25, -0.2) is 14.8 Å². The first-order chi connectivity index (χ1) is 11.1. The molecule has 3 N–H and O–H groups in total. The van der Waals surface area contributed by atoms with Crippen LogP contribution >= 0.6 is 11.3 Å². The van der Waals surface area contributed by atoms with Crippen LogP contribution < -0.4 is 5.32 Å². The maximum Gasteiger partial charge on any atom is 0.328 e. The van der Waals surface area contributed by atoms with Crippen molar-refractivity contribution in [2.75, 3.05) is 11.9 Å². The molecule has 0 aliphatic carbocycles. The van der Waals surface area contributed by atoms with Crippen LogP contribution in [-0.2, 0) is 4.79 Å². The lowest BCUT2D eigenvalue weighted by Gasteiger charge is -2.13. The Bertz CT molecular complexity index is 848. The van der Waals surface area contributed by atoms with Crippen molar-refractivity contribution in [1.82, 2.24) is 9.97 Å². The van der Waals surface area contributed by atoms with Gasteiger partial charge in [-0.1, -0.05) is 30.3 Å². The lowest BCUT2D eigenvalue weighted by atomic mass is 10.2. The summed E-state index contributed by atoms with van der Waals surface area (Å²) in [5.41, 5.74) is 1.07. The SMILES string of the molecule is Cc1nc(NC(CO)C(=O)O)c2cc(-c3ccccc3)sc2n1. The van der Waals surface area contributed by atoms with E-state index in [1.54, 1.807) is 6.92 Å². The number of carboxylic acid groups (broad SMARTS) is 1. The molecule has 7 heteroatoms. The zero-order valence-corrected chi connectivity index (χ0v) is 13.2. The van der Waals surface area contributed by atoms with Gasteiger partial charge in [-0.3, -0.25) is 0 Å². The van der Waals surface area contributed by atoms with Crippen LogP contribution in [0.4, 0.5) is 5.82 Å². The Balaban J connectivity index is 2.08. The summed E-state index contributed by atoms with van der Waals surface area (Å²) in [5.74, 6) is -0.161. The molecule has 118 valence electrons. The molecule has 0 spiro atoms. The third-order valence-corrected chi connectivity index (χ3v) is 4.43. The van der Waals surface area contributed by atoms with Gasteiger partial charge in [0.25, 0.3) is 0 Å². The molecule has 0 radical (unpaired) electrons. The van der Waals surface area contributed by atoms with Crippen molar-refractivity contribution in [3.8, 4) is 10.4 Å². The number of rotatable bonds is 5. The molecule has 0 bridgehead atoms. The van der Waals surface area contributed by atoms with Crippen molar-refractivity contribution in [1.29, 1.82) is 0 Å². The highest BCUT2D eigenvalue weighted by atomic mass is 32.1. The number of anilines is 1. The van der Waals surface area contributed by atoms with E-state index < -0.39 is 18.6 Å². The van der Waals surface area contributed by atoms with Crippen molar-refractivity contribution in [2.45, 2.75) is 13.0 Å². The molecular formula is C16H15N3O3S. The second-order valence-corrected chi connectivity index (χ2v) is 6.06. The van der Waals surface area contributed by atoms with Crippen molar-refractivity contribution in [3.05, 3.63) is 42.2 Å². The van der Waals surface area contributed by atoms with Crippen LogP contribution in [-0.4, -0.2) is 38.8 Å². The first-order valence-electron chi connectivity index (χ1n) is 7.02. The number of carbonyl (C=O) groups is 1. The molecule has 1 unspecified atom stereocenters. The summed E-state index contributed by atoms with van der Waals surface area (Å²) in [6.45, 7) is 1.23. The molecule has 0 fully saturated rings. The average molecular weight is 329 g/mol. The molecule has 3 rings (SSSR count). The van der Waals surface area contributed by atoms with E-state index in [0.717, 1.165) is 20.7 Å². The standard InChI is InChI=1S/C16H15N3O3S/c1-9-17-14(19-12(8-20)16(21)22)11-7-13(23-15(11)18-9)10-5-3-2-4-6-10/h2-7,12,20H,8H2,1H3,(H,21,22)(H,17,18,19). The van der Waals surface area contributed by atoms with Crippen LogP contribution in [0.5, 0.6) is 0 Å². The Morgan fingerprint density at radius 2 is 2.04 bits per heavy atom. The summed E-state index contributed by atoms with van der Waals surface area (Å²) < 4.78 is 0. The van der Waals surface area contributed by atoms with Crippen LogP contribution in [0.25, 0.3) is 20.7 Å². The van der Waals surface area contributed by atoms with E-state index in [1.165, 1.54) is 11.3 Å². The van der Waals surface area contributed by atoms with Crippen molar-refractivity contribution in [2.24, 2.45) is 0 Å². The molecule has 0 amide bonds. The van der Waals surface area contributed by atoms with E-state index in [9.17, 15) is 9.90 Å². The number of fused-ring (bicyclic) bond motifs is 1. The predicted molar refractivity (Wildman–Crippen MR) is 89.7 cm³/mol. The first kappa shape index (κ1) is 15.4. The summed E-state index contributed by atoms with van der Waals surface area (Å²) in [5, 5.41) is 21.8. The number of nitrogens with zero attached hydrogens (tertiary/aromatic N) is 2. The van der Waals surface area contributed by atoms with E-state index in [-0.39, 0.29) is 0 Å².